The van der Waals surface area contributed by atoms with Crippen molar-refractivity contribution in [2.75, 3.05) is 31.1 Å². The zero-order chi connectivity index (χ0) is 24.7. The first-order chi connectivity index (χ1) is 15.9. The number of anilines is 1. The molecule has 0 N–H and O–H groups in total. The molecule has 34 heavy (non-hydrogen) atoms. The van der Waals surface area contributed by atoms with Gasteiger partial charge in [0.05, 0.1) is 5.52 Å². The van der Waals surface area contributed by atoms with Crippen LogP contribution in [0.1, 0.15) is 34.1 Å². The second-order valence-electron chi connectivity index (χ2n) is 10.0. The van der Waals surface area contributed by atoms with E-state index >= 15 is 0 Å². The number of ether oxygens (including phenoxy) is 1. The number of fused-ring (bicyclic) bond motifs is 1. The third-order valence-corrected chi connectivity index (χ3v) is 8.54. The highest BCUT2D eigenvalue weighted by Crippen LogP contribution is 2.34. The molecule has 1 unspecified atom stereocenters. The molecule has 1 atom stereocenters. The van der Waals surface area contributed by atoms with E-state index in [4.69, 9.17) is 4.74 Å². The van der Waals surface area contributed by atoms with Crippen molar-refractivity contribution in [3.05, 3.63) is 54.3 Å². The quantitative estimate of drug-likeness (QED) is 0.614. The first-order valence-electron chi connectivity index (χ1n) is 11.4. The normalized spacial score (nSPS) is 21.5. The molecule has 1 amide bonds. The first-order valence-corrected chi connectivity index (χ1v) is 12.8. The summed E-state index contributed by atoms with van der Waals surface area (Å²) >= 11 is 0. The number of carbonyl (C=O) groups excluding carboxylic acids is 2. The molecule has 0 radical (unpaired) electrons. The molecule has 0 saturated carbocycles. The Morgan fingerprint density at radius 1 is 1.12 bits per heavy atom. The summed E-state index contributed by atoms with van der Waals surface area (Å²) in [5, 5.41) is 0.810. The molecule has 182 valence electrons. The van der Waals surface area contributed by atoms with Crippen LogP contribution < -0.4 is 4.90 Å². The molecule has 2 aliphatic rings. The number of carbonyl (C=O) groups is 2. The monoisotopic (exact) mass is 485 g/mol. The zero-order valence-electron chi connectivity index (χ0n) is 20.0. The van der Waals surface area contributed by atoms with Crippen LogP contribution in [0, 0.1) is 0 Å². The minimum Gasteiger partial charge on any atom is -0.444 e. The highest BCUT2D eigenvalue weighted by molar-refractivity contribution is 7.91. The Kier molecular flexibility index (Phi) is 6.10. The van der Waals surface area contributed by atoms with Gasteiger partial charge in [0.15, 0.2) is 0 Å². The molecule has 4 rings (SSSR count). The Balaban J connectivity index is 1.52. The molecular formula is C25H31N3O5S. The predicted octanol–water partition coefficient (Wildman–Crippen LogP) is 3.72. The largest absolute Gasteiger partial charge is 0.444 e. The summed E-state index contributed by atoms with van der Waals surface area (Å²) in [5.74, 6) is 0. The third kappa shape index (κ3) is 4.49. The van der Waals surface area contributed by atoms with Crippen molar-refractivity contribution in [3.63, 3.8) is 0 Å². The van der Waals surface area contributed by atoms with Gasteiger partial charge < -0.3 is 14.5 Å². The summed E-state index contributed by atoms with van der Waals surface area (Å²) in [4.78, 5) is 27.5. The summed E-state index contributed by atoms with van der Waals surface area (Å²) in [7, 11) is -3.80. The van der Waals surface area contributed by atoms with E-state index in [1.165, 1.54) is 3.97 Å². The van der Waals surface area contributed by atoms with Gasteiger partial charge in [0.1, 0.15) is 16.6 Å². The van der Waals surface area contributed by atoms with E-state index in [-0.39, 0.29) is 12.5 Å². The summed E-state index contributed by atoms with van der Waals surface area (Å²) < 4.78 is 32.6. The number of allylic oxidation sites excluding steroid dienone is 3. The molecule has 0 bridgehead atoms. The lowest BCUT2D eigenvalue weighted by Crippen LogP contribution is -2.50. The van der Waals surface area contributed by atoms with E-state index < -0.39 is 20.4 Å². The van der Waals surface area contributed by atoms with Crippen molar-refractivity contribution in [1.29, 1.82) is 0 Å². The summed E-state index contributed by atoms with van der Waals surface area (Å²) in [6.45, 7) is 9.63. The van der Waals surface area contributed by atoms with Crippen molar-refractivity contribution in [3.8, 4) is 0 Å². The van der Waals surface area contributed by atoms with Crippen molar-refractivity contribution in [2.24, 2.45) is 0 Å². The fraction of sp³-hybridized carbons (Fsp3) is 0.440. The average Bonchev–Trinajstić information content (AvgIpc) is 3.22. The second-order valence-corrected chi connectivity index (χ2v) is 12.3. The molecule has 1 aliphatic carbocycles. The van der Waals surface area contributed by atoms with E-state index in [1.807, 2.05) is 39.0 Å². The van der Waals surface area contributed by atoms with Crippen LogP contribution in [0.3, 0.4) is 0 Å². The Morgan fingerprint density at radius 3 is 2.47 bits per heavy atom. The smallest absolute Gasteiger partial charge is 0.410 e. The van der Waals surface area contributed by atoms with Crippen LogP contribution >= 0.6 is 0 Å². The maximum Gasteiger partial charge on any atom is 0.410 e. The molecule has 0 spiro atoms. The SMILES string of the molecule is CC(C)(C)OC(=O)N1CCN(c2ccc3c(ccn3S(=O)(=O)C3(C)C=CC=C(C=O)C3)c2)CC1. The number of nitrogens with zero attached hydrogens (tertiary/aromatic N) is 3. The third-order valence-electron chi connectivity index (χ3n) is 6.25. The minimum atomic E-state index is -3.80. The van der Waals surface area contributed by atoms with Crippen LogP contribution in [0.15, 0.2) is 54.3 Å². The number of piperazine rings is 1. The second kappa shape index (κ2) is 8.61. The highest BCUT2D eigenvalue weighted by atomic mass is 32.2. The number of hydrogen-bond acceptors (Lipinski definition) is 6. The lowest BCUT2D eigenvalue weighted by atomic mass is 9.96. The van der Waals surface area contributed by atoms with Gasteiger partial charge in [-0.15, -0.1) is 0 Å². The predicted molar refractivity (Wildman–Crippen MR) is 133 cm³/mol. The summed E-state index contributed by atoms with van der Waals surface area (Å²) in [5.41, 5.74) is 1.50. The van der Waals surface area contributed by atoms with Crippen molar-refractivity contribution < 1.29 is 22.7 Å². The molecule has 1 aliphatic heterocycles. The lowest BCUT2D eigenvalue weighted by Gasteiger charge is -2.36. The maximum absolute atomic E-state index is 13.5. The maximum atomic E-state index is 13.5. The molecular weight excluding hydrogens is 454 g/mol. The molecule has 1 fully saturated rings. The van der Waals surface area contributed by atoms with Gasteiger partial charge in [-0.25, -0.2) is 17.2 Å². The molecule has 2 heterocycles. The fourth-order valence-corrected chi connectivity index (χ4v) is 6.06. The summed E-state index contributed by atoms with van der Waals surface area (Å²) in [6, 6.07) is 7.49. The van der Waals surface area contributed by atoms with Gasteiger partial charge in [0.25, 0.3) is 0 Å². The van der Waals surface area contributed by atoms with Gasteiger partial charge in [0.2, 0.25) is 10.0 Å². The van der Waals surface area contributed by atoms with Gasteiger partial charge in [-0.05, 0) is 57.5 Å². The fourth-order valence-electron chi connectivity index (χ4n) is 4.37. The molecule has 1 aromatic heterocycles. The van der Waals surface area contributed by atoms with Crippen LogP contribution in [0.4, 0.5) is 10.5 Å². The van der Waals surface area contributed by atoms with Gasteiger partial charge in [-0.2, -0.15) is 0 Å². The Hall–Kier alpha value is -3.07. The van der Waals surface area contributed by atoms with E-state index in [2.05, 4.69) is 4.90 Å². The van der Waals surface area contributed by atoms with Crippen LogP contribution in [0.2, 0.25) is 0 Å². The Bertz CT molecular complexity index is 1280. The number of aldehydes is 1. The molecule has 8 nitrogen and oxygen atoms in total. The first kappa shape index (κ1) is 24.1. The van der Waals surface area contributed by atoms with Crippen molar-refractivity contribution >= 4 is 39.0 Å². The topological polar surface area (TPSA) is 88.9 Å². The van der Waals surface area contributed by atoms with E-state index in [0.29, 0.717) is 43.6 Å². The average molecular weight is 486 g/mol. The molecule has 9 heteroatoms. The van der Waals surface area contributed by atoms with Gasteiger partial charge >= 0.3 is 6.09 Å². The van der Waals surface area contributed by atoms with Crippen LogP contribution in [0.5, 0.6) is 0 Å². The number of hydrogen-bond donors (Lipinski definition) is 0. The number of aromatic nitrogens is 1. The molecule has 2 aromatic rings. The lowest BCUT2D eigenvalue weighted by molar-refractivity contribution is -0.105. The highest BCUT2D eigenvalue weighted by Gasteiger charge is 2.40. The molecule has 1 aromatic carbocycles. The van der Waals surface area contributed by atoms with Gasteiger partial charge in [0, 0.05) is 49.9 Å². The van der Waals surface area contributed by atoms with Crippen LogP contribution in [0.25, 0.3) is 10.9 Å². The Morgan fingerprint density at radius 2 is 1.82 bits per heavy atom. The van der Waals surface area contributed by atoms with Gasteiger partial charge in [-0.3, -0.25) is 4.79 Å². The van der Waals surface area contributed by atoms with Gasteiger partial charge in [-0.1, -0.05) is 18.2 Å². The molecule has 1 saturated heterocycles. The van der Waals surface area contributed by atoms with E-state index in [1.54, 1.807) is 42.3 Å². The standard InChI is InChI=1S/C25H31N3O5S/c1-24(2,3)33-23(30)27-14-12-26(13-15-27)21-7-8-22-20(16-21)9-11-28(22)34(31,32)25(4)10-5-6-19(17-25)18-29/h5-11,16,18H,12-15,17H2,1-4H3. The summed E-state index contributed by atoms with van der Waals surface area (Å²) in [6.07, 6.45) is 7.03. The Labute approximate surface area is 200 Å². The number of amides is 1. The van der Waals surface area contributed by atoms with Crippen molar-refractivity contribution in [2.45, 2.75) is 44.5 Å². The number of benzene rings is 1. The van der Waals surface area contributed by atoms with Crippen LogP contribution in [-0.2, 0) is 19.6 Å². The van der Waals surface area contributed by atoms with Crippen molar-refractivity contribution in [1.82, 2.24) is 8.87 Å². The minimum absolute atomic E-state index is 0.134. The number of rotatable bonds is 4. The van der Waals surface area contributed by atoms with E-state index in [9.17, 15) is 18.0 Å². The van der Waals surface area contributed by atoms with E-state index in [0.717, 1.165) is 11.1 Å². The van der Waals surface area contributed by atoms with Crippen LogP contribution in [-0.4, -0.2) is 66.2 Å². The zero-order valence-corrected chi connectivity index (χ0v) is 20.8.